The SMILES string of the molecule is COCCOc1ccc(C2C[C@@H]3CC[C@@H](C)[C@@](O)(O3)C(=O)C(=O)N3CCCC[C@H]3C(=O)O[C@H]([C@H](C)C[C@@H]3CC[C@@H](O)[C@H](OC)C3)CC(=O)[C@H](C)/C=C(\C)[C@H](O)[C@@H](OC)C(=O)[C@H](C)C[C@H](C)/C=C/C=CC=C2C)c(OC)c1. The Hall–Kier alpha value is -4.55. The smallest absolute Gasteiger partial charge is 0.329 e. The first kappa shape index (κ1) is 62.3. The number of carbonyl (C=O) groups is 5. The summed E-state index contributed by atoms with van der Waals surface area (Å²) in [6.07, 6.45) is 11.3. The van der Waals surface area contributed by atoms with Crippen molar-refractivity contribution < 1.29 is 72.5 Å². The lowest BCUT2D eigenvalue weighted by atomic mass is 9.78. The second kappa shape index (κ2) is 29.4. The van der Waals surface area contributed by atoms with Crippen molar-refractivity contribution in [2.75, 3.05) is 48.2 Å². The third kappa shape index (κ3) is 16.3. The van der Waals surface area contributed by atoms with Gasteiger partial charge < -0.3 is 53.4 Å². The van der Waals surface area contributed by atoms with E-state index in [0.29, 0.717) is 94.5 Å². The highest BCUT2D eigenvalue weighted by atomic mass is 16.6. The van der Waals surface area contributed by atoms with E-state index in [4.69, 9.17) is 33.2 Å². The number of ether oxygens (including phenoxy) is 7. The van der Waals surface area contributed by atoms with Gasteiger partial charge >= 0.3 is 5.97 Å². The number of cyclic esters (lactones) is 1. The van der Waals surface area contributed by atoms with Crippen LogP contribution >= 0.6 is 0 Å². The second-order valence-corrected chi connectivity index (χ2v) is 22.2. The monoisotopic (exact) mass is 1060 g/mol. The highest BCUT2D eigenvalue weighted by Crippen LogP contribution is 2.43. The number of hydrogen-bond donors (Lipinski definition) is 3. The van der Waals surface area contributed by atoms with Gasteiger partial charge in [0, 0.05) is 69.6 Å². The number of aliphatic hydroxyl groups excluding tert-OH is 2. The second-order valence-electron chi connectivity index (χ2n) is 22.2. The van der Waals surface area contributed by atoms with E-state index in [9.17, 15) is 39.3 Å². The fourth-order valence-electron chi connectivity index (χ4n) is 11.6. The number of methoxy groups -OCH3 is 4. The molecule has 16 nitrogen and oxygen atoms in total. The Labute approximate surface area is 451 Å². The zero-order valence-corrected chi connectivity index (χ0v) is 47.1. The molecule has 1 saturated carbocycles. The van der Waals surface area contributed by atoms with Gasteiger partial charge in [-0.05, 0) is 114 Å². The van der Waals surface area contributed by atoms with Gasteiger partial charge in [0.2, 0.25) is 5.79 Å². The Kier molecular flexibility index (Phi) is 24.1. The normalized spacial score (nSPS) is 35.1. The first-order valence-electron chi connectivity index (χ1n) is 27.6. The van der Waals surface area contributed by atoms with Gasteiger partial charge in [0.15, 0.2) is 5.78 Å². The molecule has 0 spiro atoms. The number of hydrogen-bond acceptors (Lipinski definition) is 15. The number of benzene rings is 1. The van der Waals surface area contributed by atoms with Crippen LogP contribution in [0.2, 0.25) is 0 Å². The molecule has 76 heavy (non-hydrogen) atoms. The van der Waals surface area contributed by atoms with Crippen molar-refractivity contribution in [3.05, 3.63) is 71.4 Å². The quantitative estimate of drug-likeness (QED) is 0.0829. The van der Waals surface area contributed by atoms with Crippen LogP contribution < -0.4 is 9.47 Å². The zero-order valence-electron chi connectivity index (χ0n) is 47.1. The summed E-state index contributed by atoms with van der Waals surface area (Å²) in [4.78, 5) is 73.2. The summed E-state index contributed by atoms with van der Waals surface area (Å²) < 4.78 is 41.0. The number of aliphatic hydroxyl groups is 3. The Balaban J connectivity index is 1.54. The number of carbonyl (C=O) groups excluding carboxylic acids is 5. The van der Waals surface area contributed by atoms with Crippen LogP contribution in [0.1, 0.15) is 137 Å². The molecule has 16 heteroatoms. The molecule has 1 unspecified atom stereocenters. The Morgan fingerprint density at radius 1 is 0.842 bits per heavy atom. The number of piperidine rings is 1. The maximum atomic E-state index is 14.6. The number of nitrogens with zero attached hydrogens (tertiary/aromatic N) is 1. The van der Waals surface area contributed by atoms with Gasteiger partial charge in [-0.3, -0.25) is 19.2 Å². The average Bonchev–Trinajstić information content (AvgIpc) is 3.40. The molecule has 0 radical (unpaired) electrons. The van der Waals surface area contributed by atoms with Crippen LogP contribution in [-0.4, -0.2) is 146 Å². The molecule has 1 amide bonds. The van der Waals surface area contributed by atoms with Gasteiger partial charge in [-0.2, -0.15) is 0 Å². The van der Waals surface area contributed by atoms with E-state index in [-0.39, 0.29) is 60.7 Å². The van der Waals surface area contributed by atoms with E-state index in [2.05, 4.69) is 0 Å². The van der Waals surface area contributed by atoms with Crippen molar-refractivity contribution in [2.45, 2.75) is 180 Å². The molecule has 15 atom stereocenters. The molecule has 1 aliphatic carbocycles. The van der Waals surface area contributed by atoms with Crippen LogP contribution in [-0.2, 0) is 47.7 Å². The van der Waals surface area contributed by atoms with Gasteiger partial charge in [0.05, 0.1) is 32.0 Å². The Morgan fingerprint density at radius 2 is 1.59 bits per heavy atom. The van der Waals surface area contributed by atoms with Gasteiger partial charge in [-0.25, -0.2) is 4.79 Å². The van der Waals surface area contributed by atoms with Gasteiger partial charge in [0.25, 0.3) is 11.7 Å². The van der Waals surface area contributed by atoms with Crippen LogP contribution in [0.4, 0.5) is 0 Å². The van der Waals surface area contributed by atoms with Gasteiger partial charge in [-0.15, -0.1) is 0 Å². The fourth-order valence-corrected chi connectivity index (χ4v) is 11.6. The molecule has 424 valence electrons. The zero-order chi connectivity index (χ0) is 55.9. The van der Waals surface area contributed by atoms with Crippen molar-refractivity contribution in [2.24, 2.45) is 35.5 Å². The fraction of sp³-hybridized carbons (Fsp3) is 0.683. The molecule has 4 aliphatic rings. The minimum atomic E-state index is -2.50. The topological polar surface area (TPSA) is 214 Å². The molecular weight excluding hydrogens is 975 g/mol. The number of esters is 1. The standard InChI is InChI=1S/C60H89NO15/c1-36-17-13-12-14-18-37(2)47(46-24-23-44(34-52(46)71-9)74-28-27-70-8)33-45-22-20-42(7)60(69,76-45)57(66)58(67)61-26-16-15-19-48(61)59(68)75-51(39(4)31-43-21-25-49(62)53(32-43)72-10)35-50(63)38(3)30-41(6)55(65)56(73-11)54(64)40(5)29-36/h12-14,17-18,23-24,30,34,36,38-40,42-43,45,47-49,51,53,55-56,62,65,69H,15-16,19-22,25-29,31-33,35H2,1-11H3/b14-12?,17-13+,37-18?,41-30+/t36-,38-,39-,40-,42-,43+,45+,47?,48+,49-,51+,53-,55+,56+,60-/m1/s1. The van der Waals surface area contributed by atoms with E-state index in [1.54, 1.807) is 54.2 Å². The third-order valence-corrected chi connectivity index (χ3v) is 16.4. The van der Waals surface area contributed by atoms with Gasteiger partial charge in [0.1, 0.15) is 48.2 Å². The van der Waals surface area contributed by atoms with Crippen LogP contribution in [0.25, 0.3) is 0 Å². The van der Waals surface area contributed by atoms with Crippen LogP contribution in [0, 0.1) is 35.5 Å². The lowest BCUT2D eigenvalue weighted by Crippen LogP contribution is -2.60. The highest BCUT2D eigenvalue weighted by molar-refractivity contribution is 6.39. The molecule has 3 aliphatic heterocycles. The van der Waals surface area contributed by atoms with Crippen molar-refractivity contribution in [1.29, 1.82) is 0 Å². The van der Waals surface area contributed by atoms with E-state index in [1.807, 2.05) is 70.2 Å². The molecule has 5 rings (SSSR count). The lowest BCUT2D eigenvalue weighted by Gasteiger charge is -2.43. The van der Waals surface area contributed by atoms with Crippen LogP contribution in [0.15, 0.2) is 65.8 Å². The number of rotatable bonds is 11. The molecule has 3 fully saturated rings. The first-order valence-corrected chi connectivity index (χ1v) is 27.6. The number of allylic oxidation sites excluding steroid dienone is 7. The van der Waals surface area contributed by atoms with E-state index < -0.39 is 77.8 Å². The van der Waals surface area contributed by atoms with E-state index in [0.717, 1.165) is 11.1 Å². The molecule has 1 aromatic carbocycles. The number of ketones is 3. The molecule has 3 N–H and O–H groups in total. The predicted molar refractivity (Wildman–Crippen MR) is 287 cm³/mol. The largest absolute Gasteiger partial charge is 0.496 e. The first-order chi connectivity index (χ1) is 36.2. The minimum Gasteiger partial charge on any atom is -0.496 e. The summed E-state index contributed by atoms with van der Waals surface area (Å²) in [5, 5.41) is 34.5. The average molecular weight is 1060 g/mol. The van der Waals surface area contributed by atoms with Crippen molar-refractivity contribution in [3.63, 3.8) is 0 Å². The molecule has 2 bridgehead atoms. The number of fused-ring (bicyclic) bond motifs is 3. The summed E-state index contributed by atoms with van der Waals surface area (Å²) in [7, 11) is 6.12. The third-order valence-electron chi connectivity index (χ3n) is 16.4. The van der Waals surface area contributed by atoms with Gasteiger partial charge in [-0.1, -0.05) is 82.7 Å². The Morgan fingerprint density at radius 3 is 2.29 bits per heavy atom. The van der Waals surface area contributed by atoms with Crippen molar-refractivity contribution in [1.82, 2.24) is 4.90 Å². The van der Waals surface area contributed by atoms with Crippen molar-refractivity contribution >= 4 is 29.2 Å². The van der Waals surface area contributed by atoms with E-state index >= 15 is 0 Å². The summed E-state index contributed by atoms with van der Waals surface area (Å²) in [5.41, 5.74) is 2.11. The summed E-state index contributed by atoms with van der Waals surface area (Å²) in [6, 6.07) is 4.41. The minimum absolute atomic E-state index is 0.0224. The highest BCUT2D eigenvalue weighted by Gasteiger charge is 2.53. The maximum absolute atomic E-state index is 14.6. The number of Topliss-reactive ketones (excluding diaryl/α,β-unsaturated/α-hetero) is 3. The van der Waals surface area contributed by atoms with Crippen LogP contribution in [0.3, 0.4) is 0 Å². The lowest BCUT2D eigenvalue weighted by molar-refractivity contribution is -0.264. The molecule has 3 heterocycles. The summed E-state index contributed by atoms with van der Waals surface area (Å²) >= 11 is 0. The maximum Gasteiger partial charge on any atom is 0.329 e. The summed E-state index contributed by atoms with van der Waals surface area (Å²) in [6.45, 7) is 13.5. The predicted octanol–water partition coefficient (Wildman–Crippen LogP) is 7.98. The summed E-state index contributed by atoms with van der Waals surface area (Å²) in [5.74, 6) is -7.51. The molecule has 0 aromatic heterocycles. The molecule has 1 aromatic rings. The van der Waals surface area contributed by atoms with Crippen LogP contribution in [0.5, 0.6) is 11.5 Å². The van der Waals surface area contributed by atoms with Crippen molar-refractivity contribution in [3.8, 4) is 11.5 Å². The van der Waals surface area contributed by atoms with E-state index in [1.165, 1.54) is 12.0 Å². The molecule has 2 saturated heterocycles. The Bertz CT molecular complexity index is 2240. The molecular formula is C60H89NO15. The number of amides is 1.